The van der Waals surface area contributed by atoms with Gasteiger partial charge < -0.3 is 18.9 Å². The van der Waals surface area contributed by atoms with Crippen molar-refractivity contribution in [3.63, 3.8) is 0 Å². The van der Waals surface area contributed by atoms with Gasteiger partial charge in [0.2, 0.25) is 0 Å². The number of esters is 2. The second kappa shape index (κ2) is 8.55. The Kier molecular flexibility index (Phi) is 6.25. The Hall–Kier alpha value is -2.75. The predicted octanol–water partition coefficient (Wildman–Crippen LogP) is 3.89. The molecule has 2 unspecified atom stereocenters. The van der Waals surface area contributed by atoms with Crippen LogP contribution in [0.5, 0.6) is 11.5 Å². The first kappa shape index (κ1) is 21.9. The van der Waals surface area contributed by atoms with E-state index in [9.17, 15) is 14.9 Å². The van der Waals surface area contributed by atoms with Gasteiger partial charge in [0, 0.05) is 26.2 Å². The number of nitrogens with zero attached hydrogens (tertiary/aromatic N) is 1. The smallest absolute Gasteiger partial charge is 0.305 e. The van der Waals surface area contributed by atoms with Gasteiger partial charge in [0.25, 0.3) is 5.79 Å². The minimum atomic E-state index is -1.35. The number of ether oxygens (including phenoxy) is 4. The Morgan fingerprint density at radius 3 is 2.30 bits per heavy atom. The van der Waals surface area contributed by atoms with Crippen LogP contribution in [0.4, 0.5) is 0 Å². The molecule has 0 spiro atoms. The molecule has 0 radical (unpaired) electrons. The molecule has 2 aliphatic carbocycles. The van der Waals surface area contributed by atoms with Crippen LogP contribution in [0.25, 0.3) is 0 Å². The molecule has 7 heteroatoms. The zero-order valence-corrected chi connectivity index (χ0v) is 18.0. The highest BCUT2D eigenvalue weighted by Crippen LogP contribution is 2.49. The molecule has 0 amide bonds. The normalized spacial score (nSPS) is 25.0. The van der Waals surface area contributed by atoms with Crippen molar-refractivity contribution >= 4 is 11.9 Å². The lowest BCUT2D eigenvalue weighted by Gasteiger charge is -2.46. The van der Waals surface area contributed by atoms with Gasteiger partial charge in [0.15, 0.2) is 11.5 Å². The lowest BCUT2D eigenvalue weighted by Crippen LogP contribution is -2.52. The maximum absolute atomic E-state index is 11.7. The number of rotatable bonds is 7. The lowest BCUT2D eigenvalue weighted by atomic mass is 9.64. The van der Waals surface area contributed by atoms with Crippen LogP contribution in [0.15, 0.2) is 18.2 Å². The molecule has 0 aliphatic heterocycles. The summed E-state index contributed by atoms with van der Waals surface area (Å²) in [6.07, 6.45) is 3.35. The molecule has 2 aliphatic rings. The quantitative estimate of drug-likeness (QED) is 0.492. The third-order valence-electron chi connectivity index (χ3n) is 6.04. The number of nitriles is 1. The molecule has 1 aromatic carbocycles. The lowest BCUT2D eigenvalue weighted by molar-refractivity contribution is -0.256. The molecule has 3 rings (SSSR count). The van der Waals surface area contributed by atoms with E-state index >= 15 is 0 Å². The van der Waals surface area contributed by atoms with Crippen molar-refractivity contribution in [1.82, 2.24) is 0 Å². The highest BCUT2D eigenvalue weighted by atomic mass is 16.7. The van der Waals surface area contributed by atoms with Gasteiger partial charge >= 0.3 is 11.9 Å². The molecule has 7 nitrogen and oxygen atoms in total. The molecule has 2 fully saturated rings. The summed E-state index contributed by atoms with van der Waals surface area (Å²) in [6, 6.07) is 8.05. The molecule has 1 aromatic rings. The maximum Gasteiger partial charge on any atom is 0.305 e. The fourth-order valence-electron chi connectivity index (χ4n) is 4.23. The van der Waals surface area contributed by atoms with Crippen LogP contribution in [-0.2, 0) is 24.5 Å². The van der Waals surface area contributed by atoms with E-state index in [1.165, 1.54) is 26.7 Å². The maximum atomic E-state index is 11.7. The molecule has 0 heterocycles. The second-order valence-corrected chi connectivity index (χ2v) is 8.42. The van der Waals surface area contributed by atoms with Gasteiger partial charge in [-0.05, 0) is 49.3 Å². The van der Waals surface area contributed by atoms with Crippen LogP contribution < -0.4 is 9.47 Å². The number of methoxy groups -OCH3 is 1. The first-order valence-corrected chi connectivity index (χ1v) is 10.4. The van der Waals surface area contributed by atoms with E-state index in [1.807, 2.05) is 25.1 Å². The van der Waals surface area contributed by atoms with E-state index in [1.54, 1.807) is 7.11 Å². The van der Waals surface area contributed by atoms with E-state index < -0.39 is 23.1 Å². The van der Waals surface area contributed by atoms with Crippen molar-refractivity contribution in [3.05, 3.63) is 23.8 Å². The van der Waals surface area contributed by atoms with Crippen LogP contribution in [0.1, 0.15) is 58.4 Å². The van der Waals surface area contributed by atoms with E-state index in [0.29, 0.717) is 36.9 Å². The van der Waals surface area contributed by atoms with Crippen LogP contribution in [0, 0.1) is 23.2 Å². The predicted molar refractivity (Wildman–Crippen MR) is 108 cm³/mol. The van der Waals surface area contributed by atoms with Gasteiger partial charge in [-0.3, -0.25) is 9.59 Å². The number of benzene rings is 1. The first-order valence-electron chi connectivity index (χ1n) is 10.4. The Labute approximate surface area is 177 Å². The average molecular weight is 415 g/mol. The van der Waals surface area contributed by atoms with Crippen molar-refractivity contribution in [2.75, 3.05) is 13.7 Å². The largest absolute Gasteiger partial charge is 0.493 e. The fraction of sp³-hybridized carbons (Fsp3) is 0.609. The topological polar surface area (TPSA) is 94.9 Å². The summed E-state index contributed by atoms with van der Waals surface area (Å²) in [7, 11) is 1.59. The van der Waals surface area contributed by atoms with Crippen molar-refractivity contribution in [1.29, 1.82) is 5.26 Å². The van der Waals surface area contributed by atoms with Crippen molar-refractivity contribution in [3.8, 4) is 17.6 Å². The van der Waals surface area contributed by atoms with E-state index in [-0.39, 0.29) is 12.3 Å². The van der Waals surface area contributed by atoms with E-state index in [2.05, 4.69) is 6.07 Å². The summed E-state index contributed by atoms with van der Waals surface area (Å²) >= 11 is 0. The number of carbonyl (C=O) groups excluding carboxylic acids is 2. The van der Waals surface area contributed by atoms with Gasteiger partial charge in [-0.15, -0.1) is 0 Å². The van der Waals surface area contributed by atoms with E-state index in [4.69, 9.17) is 18.9 Å². The number of carbonyl (C=O) groups is 2. The zero-order valence-electron chi connectivity index (χ0n) is 18.0. The molecule has 0 N–H and O–H groups in total. The van der Waals surface area contributed by atoms with Crippen molar-refractivity contribution < 1.29 is 28.5 Å². The molecule has 162 valence electrons. The molecule has 0 bridgehead atoms. The Morgan fingerprint density at radius 1 is 1.13 bits per heavy atom. The van der Waals surface area contributed by atoms with Gasteiger partial charge in [-0.2, -0.15) is 5.26 Å². The van der Waals surface area contributed by atoms with Crippen LogP contribution in [-0.4, -0.2) is 31.4 Å². The summed E-state index contributed by atoms with van der Waals surface area (Å²) in [4.78, 5) is 23.4. The monoisotopic (exact) mass is 415 g/mol. The standard InChI is InChI=1S/C23H29NO6/c1-15-12-22(14-24,9-10-23(15,29-16(2)25)30-17(3)26)19-7-8-20(27-4)21(11-19)28-13-18-5-6-18/h7-8,11,15,18H,5-6,9-10,12-13H2,1-4H3. The Bertz CT molecular complexity index is 840. The average Bonchev–Trinajstić information content (AvgIpc) is 3.52. The highest BCUT2D eigenvalue weighted by Gasteiger charge is 2.53. The van der Waals surface area contributed by atoms with Crippen LogP contribution in [0.3, 0.4) is 0 Å². The molecule has 30 heavy (non-hydrogen) atoms. The van der Waals surface area contributed by atoms with E-state index in [0.717, 1.165) is 5.56 Å². The van der Waals surface area contributed by atoms with Gasteiger partial charge in [0.1, 0.15) is 0 Å². The summed E-state index contributed by atoms with van der Waals surface area (Å²) in [6.45, 7) is 5.05. The number of hydrogen-bond donors (Lipinski definition) is 0. The SMILES string of the molecule is COc1ccc(C2(C#N)CCC(OC(C)=O)(OC(C)=O)C(C)C2)cc1OCC1CC1. The van der Waals surface area contributed by atoms with Crippen LogP contribution >= 0.6 is 0 Å². The zero-order chi connectivity index (χ0) is 21.9. The molecule has 2 atom stereocenters. The summed E-state index contributed by atoms with van der Waals surface area (Å²) in [5.74, 6) is -0.912. The molecule has 0 aromatic heterocycles. The minimum absolute atomic E-state index is 0.241. The summed E-state index contributed by atoms with van der Waals surface area (Å²) in [5.41, 5.74) is 0.00962. The fourth-order valence-corrected chi connectivity index (χ4v) is 4.23. The molecular weight excluding hydrogens is 386 g/mol. The molecule has 0 saturated heterocycles. The Balaban J connectivity index is 1.89. The van der Waals surface area contributed by atoms with Crippen molar-refractivity contribution in [2.45, 2.75) is 64.1 Å². The van der Waals surface area contributed by atoms with Gasteiger partial charge in [0.05, 0.1) is 25.2 Å². The summed E-state index contributed by atoms with van der Waals surface area (Å²) < 4.78 is 22.3. The van der Waals surface area contributed by atoms with Gasteiger partial charge in [-0.25, -0.2) is 0 Å². The molecular formula is C23H29NO6. The molecule has 2 saturated carbocycles. The van der Waals surface area contributed by atoms with Crippen LogP contribution in [0.2, 0.25) is 0 Å². The second-order valence-electron chi connectivity index (χ2n) is 8.42. The highest BCUT2D eigenvalue weighted by molar-refractivity contribution is 5.69. The van der Waals surface area contributed by atoms with Gasteiger partial charge in [-0.1, -0.05) is 13.0 Å². The number of hydrogen-bond acceptors (Lipinski definition) is 7. The third-order valence-corrected chi connectivity index (χ3v) is 6.04. The summed E-state index contributed by atoms with van der Waals surface area (Å²) in [5, 5.41) is 10.2. The Morgan fingerprint density at radius 2 is 1.80 bits per heavy atom. The first-order chi connectivity index (χ1) is 14.2. The third kappa shape index (κ3) is 4.53. The van der Waals surface area contributed by atoms with Crippen molar-refractivity contribution in [2.24, 2.45) is 11.8 Å². The minimum Gasteiger partial charge on any atom is -0.493 e.